The fourth-order valence-corrected chi connectivity index (χ4v) is 2.29. The molecule has 1 aliphatic heterocycles. The van der Waals surface area contributed by atoms with Crippen molar-refractivity contribution >= 4 is 11.6 Å². The molecule has 3 nitrogen and oxygen atoms in total. The minimum Gasteiger partial charge on any atom is -0.325 e. The van der Waals surface area contributed by atoms with E-state index in [0.29, 0.717) is 17.2 Å². The van der Waals surface area contributed by atoms with Gasteiger partial charge < -0.3 is 10.6 Å². The van der Waals surface area contributed by atoms with Crippen LogP contribution in [0.4, 0.5) is 10.1 Å². The molecule has 0 bridgehead atoms. The van der Waals surface area contributed by atoms with E-state index in [2.05, 4.69) is 17.6 Å². The van der Waals surface area contributed by atoms with Crippen LogP contribution in [0, 0.1) is 18.7 Å². The van der Waals surface area contributed by atoms with Crippen LogP contribution in [0.3, 0.4) is 0 Å². The number of rotatable bonds is 2. The third-order valence-corrected chi connectivity index (χ3v) is 3.49. The number of piperidine rings is 1. The van der Waals surface area contributed by atoms with Gasteiger partial charge in [0.1, 0.15) is 5.82 Å². The number of hydrogen-bond donors (Lipinski definition) is 2. The fraction of sp³-hybridized carbons (Fsp3) is 0.500. The largest absolute Gasteiger partial charge is 0.325 e. The van der Waals surface area contributed by atoms with Crippen molar-refractivity contribution in [3.63, 3.8) is 0 Å². The summed E-state index contributed by atoms with van der Waals surface area (Å²) in [6, 6.07) is 4.58. The molecule has 1 fully saturated rings. The van der Waals surface area contributed by atoms with E-state index in [4.69, 9.17) is 0 Å². The molecule has 98 valence electrons. The highest BCUT2D eigenvalue weighted by molar-refractivity contribution is 5.95. The average Bonchev–Trinajstić information content (AvgIpc) is 2.34. The summed E-state index contributed by atoms with van der Waals surface area (Å²) in [6.07, 6.45) is 2.15. The van der Waals surface area contributed by atoms with Crippen molar-refractivity contribution in [3.8, 4) is 0 Å². The number of carbonyl (C=O) groups excluding carboxylic acids is 1. The van der Waals surface area contributed by atoms with Gasteiger partial charge in [-0.2, -0.15) is 0 Å². The summed E-state index contributed by atoms with van der Waals surface area (Å²) >= 11 is 0. The molecule has 1 amide bonds. The molecule has 1 heterocycles. The highest BCUT2D eigenvalue weighted by Gasteiger charge is 2.27. The lowest BCUT2D eigenvalue weighted by Crippen LogP contribution is -2.48. The van der Waals surface area contributed by atoms with Crippen molar-refractivity contribution in [3.05, 3.63) is 29.6 Å². The molecule has 1 aliphatic rings. The molecule has 0 aliphatic carbocycles. The van der Waals surface area contributed by atoms with Crippen LogP contribution in [0.25, 0.3) is 0 Å². The monoisotopic (exact) mass is 250 g/mol. The van der Waals surface area contributed by atoms with Crippen LogP contribution in [0.5, 0.6) is 0 Å². The van der Waals surface area contributed by atoms with Gasteiger partial charge in [0, 0.05) is 5.69 Å². The zero-order valence-corrected chi connectivity index (χ0v) is 10.8. The number of halogens is 1. The predicted octanol–water partition coefficient (Wildman–Crippen LogP) is 2.46. The average molecular weight is 250 g/mol. The van der Waals surface area contributed by atoms with Crippen molar-refractivity contribution in [2.45, 2.75) is 32.7 Å². The lowest BCUT2D eigenvalue weighted by molar-refractivity contribution is -0.119. The summed E-state index contributed by atoms with van der Waals surface area (Å²) < 4.78 is 13.4. The van der Waals surface area contributed by atoms with Crippen LogP contribution in [-0.2, 0) is 4.79 Å². The second kappa shape index (κ2) is 5.48. The summed E-state index contributed by atoms with van der Waals surface area (Å²) in [5, 5.41) is 5.98. The maximum Gasteiger partial charge on any atom is 0.241 e. The number of anilines is 1. The Labute approximate surface area is 107 Å². The molecule has 1 aromatic rings. The van der Waals surface area contributed by atoms with Crippen LogP contribution in [-0.4, -0.2) is 18.5 Å². The molecule has 1 aromatic carbocycles. The molecule has 1 saturated heterocycles. The summed E-state index contributed by atoms with van der Waals surface area (Å²) in [5.74, 6) is -0.0584. The quantitative estimate of drug-likeness (QED) is 0.846. The minimum atomic E-state index is -0.294. The first-order chi connectivity index (χ1) is 8.58. The van der Waals surface area contributed by atoms with Gasteiger partial charge in [-0.3, -0.25) is 4.79 Å². The van der Waals surface area contributed by atoms with Gasteiger partial charge in [0.25, 0.3) is 0 Å². The minimum absolute atomic E-state index is 0.0783. The predicted molar refractivity (Wildman–Crippen MR) is 70.0 cm³/mol. The second-order valence-electron chi connectivity index (χ2n) is 5.00. The van der Waals surface area contributed by atoms with E-state index >= 15 is 0 Å². The van der Waals surface area contributed by atoms with E-state index in [1.165, 1.54) is 6.07 Å². The summed E-state index contributed by atoms with van der Waals surface area (Å²) in [5.41, 5.74) is 1.10. The first-order valence-corrected chi connectivity index (χ1v) is 6.38. The lowest BCUT2D eigenvalue weighted by atomic mass is 9.92. The SMILES string of the molecule is Cc1ccc(NC(=O)C2NCCCC2C)cc1F. The van der Waals surface area contributed by atoms with Crippen LogP contribution in [0.15, 0.2) is 18.2 Å². The summed E-state index contributed by atoms with van der Waals surface area (Å²) in [4.78, 5) is 12.1. The van der Waals surface area contributed by atoms with Gasteiger partial charge in [-0.25, -0.2) is 4.39 Å². The molecule has 2 unspecified atom stereocenters. The molecule has 0 saturated carbocycles. The molecule has 2 rings (SSSR count). The van der Waals surface area contributed by atoms with Gasteiger partial charge in [0.2, 0.25) is 5.91 Å². The summed E-state index contributed by atoms with van der Waals surface area (Å²) in [7, 11) is 0. The number of benzene rings is 1. The standard InChI is InChI=1S/C14H19FN2O/c1-9-5-6-11(8-12(9)15)17-14(18)13-10(2)4-3-7-16-13/h5-6,8,10,13,16H,3-4,7H2,1-2H3,(H,17,18). The van der Waals surface area contributed by atoms with E-state index in [9.17, 15) is 9.18 Å². The first kappa shape index (κ1) is 13.0. The Bertz CT molecular complexity index is 447. The number of aryl methyl sites for hydroxylation is 1. The number of nitrogens with one attached hydrogen (secondary N) is 2. The van der Waals surface area contributed by atoms with Crippen molar-refractivity contribution in [2.75, 3.05) is 11.9 Å². The smallest absolute Gasteiger partial charge is 0.241 e. The number of amides is 1. The Kier molecular flexibility index (Phi) is 3.97. The second-order valence-corrected chi connectivity index (χ2v) is 5.00. The first-order valence-electron chi connectivity index (χ1n) is 6.38. The normalized spacial score (nSPS) is 23.7. The zero-order chi connectivity index (χ0) is 13.1. The Morgan fingerprint density at radius 2 is 2.28 bits per heavy atom. The van der Waals surface area contributed by atoms with Crippen molar-refractivity contribution in [1.82, 2.24) is 5.32 Å². The highest BCUT2D eigenvalue weighted by Crippen LogP contribution is 2.18. The van der Waals surface area contributed by atoms with Gasteiger partial charge in [-0.1, -0.05) is 13.0 Å². The molecule has 0 spiro atoms. The zero-order valence-electron chi connectivity index (χ0n) is 10.8. The van der Waals surface area contributed by atoms with Crippen LogP contribution in [0.2, 0.25) is 0 Å². The number of hydrogen-bond acceptors (Lipinski definition) is 2. The van der Waals surface area contributed by atoms with Gasteiger partial charge in [-0.15, -0.1) is 0 Å². The highest BCUT2D eigenvalue weighted by atomic mass is 19.1. The third-order valence-electron chi connectivity index (χ3n) is 3.49. The molecule has 2 atom stereocenters. The maximum atomic E-state index is 13.4. The molecule has 0 radical (unpaired) electrons. The third kappa shape index (κ3) is 2.88. The molecule has 4 heteroatoms. The lowest BCUT2D eigenvalue weighted by Gasteiger charge is -2.28. The molecular weight excluding hydrogens is 231 g/mol. The van der Waals surface area contributed by atoms with Gasteiger partial charge in [0.05, 0.1) is 6.04 Å². The Morgan fingerprint density at radius 3 is 2.94 bits per heavy atom. The topological polar surface area (TPSA) is 41.1 Å². The van der Waals surface area contributed by atoms with E-state index in [1.807, 2.05) is 0 Å². The molecular formula is C14H19FN2O. The molecule has 18 heavy (non-hydrogen) atoms. The van der Waals surface area contributed by atoms with E-state index in [1.54, 1.807) is 19.1 Å². The fourth-order valence-electron chi connectivity index (χ4n) is 2.29. The Morgan fingerprint density at radius 1 is 1.50 bits per heavy atom. The maximum absolute atomic E-state index is 13.4. The van der Waals surface area contributed by atoms with Crippen molar-refractivity contribution in [1.29, 1.82) is 0 Å². The van der Waals surface area contributed by atoms with Crippen molar-refractivity contribution < 1.29 is 9.18 Å². The number of carbonyl (C=O) groups is 1. The Hall–Kier alpha value is -1.42. The van der Waals surface area contributed by atoms with E-state index < -0.39 is 0 Å². The Balaban J connectivity index is 2.04. The van der Waals surface area contributed by atoms with Gasteiger partial charge >= 0.3 is 0 Å². The van der Waals surface area contributed by atoms with E-state index in [-0.39, 0.29) is 17.8 Å². The van der Waals surface area contributed by atoms with Gasteiger partial charge in [-0.05, 0) is 49.9 Å². The van der Waals surface area contributed by atoms with Crippen LogP contribution in [0.1, 0.15) is 25.3 Å². The molecule has 2 N–H and O–H groups in total. The van der Waals surface area contributed by atoms with Crippen LogP contribution < -0.4 is 10.6 Å². The summed E-state index contributed by atoms with van der Waals surface area (Å²) in [6.45, 7) is 4.63. The molecule has 0 aromatic heterocycles. The van der Waals surface area contributed by atoms with E-state index in [0.717, 1.165) is 19.4 Å². The van der Waals surface area contributed by atoms with Crippen molar-refractivity contribution in [2.24, 2.45) is 5.92 Å². The van der Waals surface area contributed by atoms with Crippen LogP contribution >= 0.6 is 0 Å². The van der Waals surface area contributed by atoms with Gasteiger partial charge in [0.15, 0.2) is 0 Å².